The van der Waals surface area contributed by atoms with Gasteiger partial charge in [0.15, 0.2) is 5.78 Å². The molecule has 0 atom stereocenters. The maximum absolute atomic E-state index is 13.0. The van der Waals surface area contributed by atoms with Crippen molar-refractivity contribution >= 4 is 5.78 Å². The number of hydrogen-bond acceptors (Lipinski definition) is 3. The summed E-state index contributed by atoms with van der Waals surface area (Å²) in [4.78, 5) is 11.3. The number of ketones is 1. The number of carbonyl (C=O) groups excluding carboxylic acids is 1. The summed E-state index contributed by atoms with van der Waals surface area (Å²) in [5.41, 5.74) is 0.259. The maximum atomic E-state index is 13.0. The molecule has 1 aromatic rings. The molecule has 4 heteroatoms. The Labute approximate surface area is 101 Å². The SMILES string of the molecule is CC(=O)c1cc(F)ccc1OCCOC(C)C. The lowest BCUT2D eigenvalue weighted by Gasteiger charge is -2.11. The van der Waals surface area contributed by atoms with E-state index in [2.05, 4.69) is 0 Å². The molecule has 0 N–H and O–H groups in total. The van der Waals surface area contributed by atoms with Crippen molar-refractivity contribution in [2.24, 2.45) is 0 Å². The van der Waals surface area contributed by atoms with Gasteiger partial charge in [-0.25, -0.2) is 4.39 Å². The van der Waals surface area contributed by atoms with E-state index in [1.807, 2.05) is 13.8 Å². The van der Waals surface area contributed by atoms with E-state index >= 15 is 0 Å². The largest absolute Gasteiger partial charge is 0.490 e. The first-order valence-corrected chi connectivity index (χ1v) is 5.55. The molecule has 1 aromatic carbocycles. The first-order valence-electron chi connectivity index (χ1n) is 5.55. The van der Waals surface area contributed by atoms with Gasteiger partial charge in [0.05, 0.1) is 18.3 Å². The summed E-state index contributed by atoms with van der Waals surface area (Å²) in [6, 6.07) is 3.91. The summed E-state index contributed by atoms with van der Waals surface area (Å²) in [5, 5.41) is 0. The van der Waals surface area contributed by atoms with E-state index in [0.29, 0.717) is 19.0 Å². The third-order valence-electron chi connectivity index (χ3n) is 2.11. The number of Topliss-reactive ketones (excluding diaryl/α,β-unsaturated/α-hetero) is 1. The Bertz CT molecular complexity index is 388. The average Bonchev–Trinajstić information content (AvgIpc) is 2.25. The van der Waals surface area contributed by atoms with Crippen molar-refractivity contribution < 1.29 is 18.7 Å². The summed E-state index contributed by atoms with van der Waals surface area (Å²) in [5.74, 6) is -0.267. The highest BCUT2D eigenvalue weighted by molar-refractivity contribution is 5.96. The topological polar surface area (TPSA) is 35.5 Å². The summed E-state index contributed by atoms with van der Waals surface area (Å²) < 4.78 is 23.7. The highest BCUT2D eigenvalue weighted by Crippen LogP contribution is 2.20. The van der Waals surface area contributed by atoms with Gasteiger partial charge in [-0.05, 0) is 39.0 Å². The van der Waals surface area contributed by atoms with Crippen LogP contribution in [0.2, 0.25) is 0 Å². The molecule has 0 saturated heterocycles. The van der Waals surface area contributed by atoms with Crippen molar-refractivity contribution in [3.05, 3.63) is 29.6 Å². The zero-order valence-corrected chi connectivity index (χ0v) is 10.3. The molecule has 1 rings (SSSR count). The summed E-state index contributed by atoms with van der Waals surface area (Å²) in [6.07, 6.45) is 0.138. The first kappa shape index (κ1) is 13.6. The fourth-order valence-electron chi connectivity index (χ4n) is 1.34. The number of halogens is 1. The van der Waals surface area contributed by atoms with E-state index < -0.39 is 5.82 Å². The van der Waals surface area contributed by atoms with Gasteiger partial charge in [-0.1, -0.05) is 0 Å². The molecule has 17 heavy (non-hydrogen) atoms. The third kappa shape index (κ3) is 4.53. The Hall–Kier alpha value is -1.42. The van der Waals surface area contributed by atoms with Crippen molar-refractivity contribution in [3.8, 4) is 5.75 Å². The van der Waals surface area contributed by atoms with Crippen LogP contribution in [-0.2, 0) is 4.74 Å². The molecule has 94 valence electrons. The number of carbonyl (C=O) groups is 1. The second-order valence-electron chi connectivity index (χ2n) is 3.96. The van der Waals surface area contributed by atoms with Gasteiger partial charge in [0.1, 0.15) is 18.2 Å². The number of hydrogen-bond donors (Lipinski definition) is 0. The van der Waals surface area contributed by atoms with Gasteiger partial charge in [-0.15, -0.1) is 0 Å². The van der Waals surface area contributed by atoms with Crippen LogP contribution in [0.3, 0.4) is 0 Å². The van der Waals surface area contributed by atoms with Crippen LogP contribution in [-0.4, -0.2) is 25.1 Å². The Balaban J connectivity index is 2.61. The normalized spacial score (nSPS) is 10.6. The molecule has 0 unspecified atom stereocenters. The van der Waals surface area contributed by atoms with Crippen molar-refractivity contribution in [3.63, 3.8) is 0 Å². The van der Waals surface area contributed by atoms with Crippen LogP contribution in [0.25, 0.3) is 0 Å². The standard InChI is InChI=1S/C13H17FO3/c1-9(2)16-6-7-17-13-5-4-11(14)8-12(13)10(3)15/h4-5,8-9H,6-7H2,1-3H3. The molecule has 0 bridgehead atoms. The summed E-state index contributed by atoms with van der Waals surface area (Å²) >= 11 is 0. The van der Waals surface area contributed by atoms with Crippen LogP contribution in [0, 0.1) is 5.82 Å². The lowest BCUT2D eigenvalue weighted by atomic mass is 10.1. The Kier molecular flexibility index (Phi) is 5.10. The molecule has 0 aromatic heterocycles. The fourth-order valence-corrected chi connectivity index (χ4v) is 1.34. The van der Waals surface area contributed by atoms with Crippen molar-refractivity contribution in [2.75, 3.05) is 13.2 Å². The quantitative estimate of drug-likeness (QED) is 0.566. The number of benzene rings is 1. The molecule has 0 aliphatic heterocycles. The van der Waals surface area contributed by atoms with Gasteiger partial charge in [0.25, 0.3) is 0 Å². The zero-order valence-electron chi connectivity index (χ0n) is 10.3. The average molecular weight is 240 g/mol. The predicted molar refractivity (Wildman–Crippen MR) is 63.0 cm³/mol. The smallest absolute Gasteiger partial charge is 0.163 e. The number of rotatable bonds is 6. The van der Waals surface area contributed by atoms with E-state index in [0.717, 1.165) is 0 Å². The zero-order chi connectivity index (χ0) is 12.8. The van der Waals surface area contributed by atoms with Crippen molar-refractivity contribution in [1.29, 1.82) is 0 Å². The predicted octanol–water partition coefficient (Wildman–Crippen LogP) is 2.83. The van der Waals surface area contributed by atoms with E-state index in [-0.39, 0.29) is 17.5 Å². The summed E-state index contributed by atoms with van der Waals surface area (Å²) in [7, 11) is 0. The second kappa shape index (κ2) is 6.35. The molecular weight excluding hydrogens is 223 g/mol. The molecule has 0 aliphatic carbocycles. The molecule has 0 saturated carbocycles. The Morgan fingerprint density at radius 1 is 1.35 bits per heavy atom. The van der Waals surface area contributed by atoms with Crippen LogP contribution >= 0.6 is 0 Å². The van der Waals surface area contributed by atoms with Crippen molar-refractivity contribution in [2.45, 2.75) is 26.9 Å². The van der Waals surface area contributed by atoms with E-state index in [4.69, 9.17) is 9.47 Å². The minimum absolute atomic E-state index is 0.138. The lowest BCUT2D eigenvalue weighted by Crippen LogP contribution is -2.12. The van der Waals surface area contributed by atoms with Gasteiger partial charge < -0.3 is 9.47 Å². The van der Waals surface area contributed by atoms with Crippen LogP contribution in [0.4, 0.5) is 4.39 Å². The fraction of sp³-hybridized carbons (Fsp3) is 0.462. The van der Waals surface area contributed by atoms with Crippen LogP contribution in [0.15, 0.2) is 18.2 Å². The molecule has 0 amide bonds. The van der Waals surface area contributed by atoms with E-state index in [9.17, 15) is 9.18 Å². The van der Waals surface area contributed by atoms with Crippen LogP contribution < -0.4 is 4.74 Å². The van der Waals surface area contributed by atoms with E-state index in [1.165, 1.54) is 25.1 Å². The minimum atomic E-state index is -0.444. The highest BCUT2D eigenvalue weighted by Gasteiger charge is 2.09. The van der Waals surface area contributed by atoms with Gasteiger partial charge >= 0.3 is 0 Å². The van der Waals surface area contributed by atoms with Gasteiger partial charge in [-0.3, -0.25) is 4.79 Å². The highest BCUT2D eigenvalue weighted by atomic mass is 19.1. The van der Waals surface area contributed by atoms with Gasteiger partial charge in [0.2, 0.25) is 0 Å². The first-order chi connectivity index (χ1) is 8.00. The Morgan fingerprint density at radius 2 is 2.06 bits per heavy atom. The molecule has 0 radical (unpaired) electrons. The van der Waals surface area contributed by atoms with E-state index in [1.54, 1.807) is 0 Å². The van der Waals surface area contributed by atoms with Gasteiger partial charge in [-0.2, -0.15) is 0 Å². The molecule has 0 fully saturated rings. The van der Waals surface area contributed by atoms with Crippen LogP contribution in [0.1, 0.15) is 31.1 Å². The third-order valence-corrected chi connectivity index (χ3v) is 2.11. The number of ether oxygens (including phenoxy) is 2. The summed E-state index contributed by atoms with van der Waals surface area (Å²) in [6.45, 7) is 6.01. The van der Waals surface area contributed by atoms with Crippen LogP contribution in [0.5, 0.6) is 5.75 Å². The molecular formula is C13H17FO3. The second-order valence-corrected chi connectivity index (χ2v) is 3.96. The minimum Gasteiger partial charge on any atom is -0.490 e. The Morgan fingerprint density at radius 3 is 2.65 bits per heavy atom. The molecule has 0 spiro atoms. The molecule has 3 nitrogen and oxygen atoms in total. The van der Waals surface area contributed by atoms with Crippen molar-refractivity contribution in [1.82, 2.24) is 0 Å². The molecule has 0 aliphatic rings. The lowest BCUT2D eigenvalue weighted by molar-refractivity contribution is 0.0549. The molecule has 0 heterocycles. The van der Waals surface area contributed by atoms with Gasteiger partial charge in [0, 0.05) is 0 Å². The monoisotopic (exact) mass is 240 g/mol. The maximum Gasteiger partial charge on any atom is 0.163 e.